The molecule has 1 aliphatic heterocycles. The molecule has 8 nitrogen and oxygen atoms in total. The van der Waals surface area contributed by atoms with E-state index in [0.29, 0.717) is 35.4 Å². The molecule has 1 saturated carbocycles. The second-order valence-corrected chi connectivity index (χ2v) is 9.25. The van der Waals surface area contributed by atoms with Gasteiger partial charge in [-0.2, -0.15) is 0 Å². The van der Waals surface area contributed by atoms with Gasteiger partial charge in [0.15, 0.2) is 5.13 Å². The maximum absolute atomic E-state index is 12.7. The smallest absolute Gasteiger partial charge is 0.410 e. The van der Waals surface area contributed by atoms with E-state index in [1.165, 1.54) is 16.2 Å². The van der Waals surface area contributed by atoms with Gasteiger partial charge in [-0.15, -0.1) is 11.3 Å². The number of ether oxygens (including phenoxy) is 1. The van der Waals surface area contributed by atoms with Crippen molar-refractivity contribution < 1.29 is 19.1 Å². The summed E-state index contributed by atoms with van der Waals surface area (Å²) in [5.41, 5.74) is 3.07. The number of nitrogens with one attached hydrogen (secondary N) is 2. The average molecular weight is 477 g/mol. The lowest BCUT2D eigenvalue weighted by Crippen LogP contribution is -2.56. The fraction of sp³-hybridized carbons (Fsp3) is 0.280. The van der Waals surface area contributed by atoms with Crippen LogP contribution < -0.4 is 10.6 Å². The van der Waals surface area contributed by atoms with Crippen molar-refractivity contribution in [2.45, 2.75) is 38.0 Å². The molecule has 0 spiro atoms. The lowest BCUT2D eigenvalue weighted by molar-refractivity contribution is -0.124. The van der Waals surface area contributed by atoms with Gasteiger partial charge in [0.25, 0.3) is 5.91 Å². The zero-order valence-electron chi connectivity index (χ0n) is 18.4. The Morgan fingerprint density at radius 1 is 1.03 bits per heavy atom. The summed E-state index contributed by atoms with van der Waals surface area (Å²) in [4.78, 5) is 43.1. The zero-order chi connectivity index (χ0) is 23.5. The molecular weight excluding hydrogens is 452 g/mol. The Hall–Kier alpha value is -3.72. The maximum atomic E-state index is 12.7. The third-order valence-corrected chi connectivity index (χ3v) is 6.61. The number of thiazole rings is 1. The number of carbonyl (C=O) groups is 3. The van der Waals surface area contributed by atoms with Crippen LogP contribution in [0.15, 0.2) is 60.0 Å². The predicted molar refractivity (Wildman–Crippen MR) is 128 cm³/mol. The molecule has 9 heteroatoms. The van der Waals surface area contributed by atoms with Crippen molar-refractivity contribution in [1.82, 2.24) is 15.2 Å². The molecule has 174 valence electrons. The number of hydrogen-bond donors (Lipinski definition) is 2. The number of amides is 3. The summed E-state index contributed by atoms with van der Waals surface area (Å²) >= 11 is 1.31. The Balaban J connectivity index is 1.14. The molecule has 3 amide bonds. The quantitative estimate of drug-likeness (QED) is 0.536. The number of hydrogen-bond acceptors (Lipinski definition) is 6. The average Bonchev–Trinajstić information content (AvgIpc) is 3.52. The summed E-state index contributed by atoms with van der Waals surface area (Å²) in [7, 11) is 0. The summed E-state index contributed by atoms with van der Waals surface area (Å²) in [5.74, 6) is -0.344. The highest BCUT2D eigenvalue weighted by molar-refractivity contribution is 7.14. The van der Waals surface area contributed by atoms with Gasteiger partial charge in [0.05, 0.1) is 5.69 Å². The fourth-order valence-corrected chi connectivity index (χ4v) is 4.34. The minimum atomic E-state index is -0.570. The Labute approximate surface area is 201 Å². The molecule has 0 bridgehead atoms. The monoisotopic (exact) mass is 476 g/mol. The number of benzene rings is 2. The topological polar surface area (TPSA) is 101 Å². The molecule has 34 heavy (non-hydrogen) atoms. The molecule has 1 unspecified atom stereocenters. The third kappa shape index (κ3) is 5.09. The molecule has 5 rings (SSSR count). The SMILES string of the molecule is O=C(NC1CC1)c1ccc(-c2csc(NC(=O)C3CCN3C(=O)OCc3ccccc3)n2)cc1. The lowest BCUT2D eigenvalue weighted by atomic mass is 10.0. The van der Waals surface area contributed by atoms with Gasteiger partial charge < -0.3 is 15.4 Å². The molecule has 2 aromatic carbocycles. The summed E-state index contributed by atoms with van der Waals surface area (Å²) < 4.78 is 5.34. The second kappa shape index (κ2) is 9.64. The van der Waals surface area contributed by atoms with E-state index in [4.69, 9.17) is 4.74 Å². The second-order valence-electron chi connectivity index (χ2n) is 8.39. The number of rotatable bonds is 7. The van der Waals surface area contributed by atoms with Crippen LogP contribution in [0.5, 0.6) is 0 Å². The van der Waals surface area contributed by atoms with Crippen LogP contribution >= 0.6 is 11.3 Å². The molecule has 0 radical (unpaired) electrons. The first-order valence-electron chi connectivity index (χ1n) is 11.2. The predicted octanol–water partition coefficient (Wildman–Crippen LogP) is 4.05. The molecule has 2 fully saturated rings. The summed E-state index contributed by atoms with van der Waals surface area (Å²) in [6.07, 6.45) is 2.17. The van der Waals surface area contributed by atoms with Gasteiger partial charge in [0.2, 0.25) is 5.91 Å². The van der Waals surface area contributed by atoms with E-state index in [0.717, 1.165) is 24.0 Å². The summed E-state index contributed by atoms with van der Waals surface area (Å²) in [5, 5.41) is 8.08. The normalized spacial score (nSPS) is 16.9. The number of carbonyl (C=O) groups excluding carboxylic acids is 3. The standard InChI is InChI=1S/C25H24N4O4S/c30-22(26-19-10-11-19)18-8-6-17(7-9-18)20-15-34-24(27-20)28-23(31)21-12-13-29(21)25(32)33-14-16-4-2-1-3-5-16/h1-9,15,19,21H,10-14H2,(H,26,30)(H,27,28,31). The number of nitrogens with zero attached hydrogens (tertiary/aromatic N) is 2. The van der Waals surface area contributed by atoms with Crippen LogP contribution in [0.4, 0.5) is 9.93 Å². The van der Waals surface area contributed by atoms with Crippen LogP contribution in [0.2, 0.25) is 0 Å². The molecule has 1 aliphatic carbocycles. The van der Waals surface area contributed by atoms with Gasteiger partial charge in [0.1, 0.15) is 12.6 Å². The van der Waals surface area contributed by atoms with E-state index < -0.39 is 12.1 Å². The van der Waals surface area contributed by atoms with Crippen LogP contribution in [0.25, 0.3) is 11.3 Å². The Morgan fingerprint density at radius 2 is 1.79 bits per heavy atom. The highest BCUT2D eigenvalue weighted by Crippen LogP contribution is 2.27. The van der Waals surface area contributed by atoms with E-state index in [-0.39, 0.29) is 18.4 Å². The van der Waals surface area contributed by atoms with Crippen LogP contribution in [0.3, 0.4) is 0 Å². The van der Waals surface area contributed by atoms with Crippen molar-refractivity contribution in [3.63, 3.8) is 0 Å². The Morgan fingerprint density at radius 3 is 2.47 bits per heavy atom. The van der Waals surface area contributed by atoms with E-state index in [1.54, 1.807) is 12.1 Å². The minimum absolute atomic E-state index is 0.0624. The first-order chi connectivity index (χ1) is 16.6. The van der Waals surface area contributed by atoms with Gasteiger partial charge in [-0.1, -0.05) is 42.5 Å². The van der Waals surface area contributed by atoms with Crippen molar-refractivity contribution in [3.05, 3.63) is 71.1 Å². The zero-order valence-corrected chi connectivity index (χ0v) is 19.2. The lowest BCUT2D eigenvalue weighted by Gasteiger charge is -2.38. The minimum Gasteiger partial charge on any atom is -0.445 e. The highest BCUT2D eigenvalue weighted by Gasteiger charge is 2.39. The van der Waals surface area contributed by atoms with Gasteiger partial charge in [0, 0.05) is 29.1 Å². The first kappa shape index (κ1) is 22.1. The third-order valence-electron chi connectivity index (χ3n) is 5.85. The van der Waals surface area contributed by atoms with Gasteiger partial charge >= 0.3 is 6.09 Å². The summed E-state index contributed by atoms with van der Waals surface area (Å²) in [6.45, 7) is 0.650. The molecule has 1 atom stereocenters. The van der Waals surface area contributed by atoms with Crippen LogP contribution in [-0.2, 0) is 16.1 Å². The van der Waals surface area contributed by atoms with Gasteiger partial charge in [-0.25, -0.2) is 9.78 Å². The molecule has 2 aliphatic rings. The number of likely N-dealkylation sites (tertiary alicyclic amines) is 1. The Kier molecular flexibility index (Phi) is 6.27. The van der Waals surface area contributed by atoms with E-state index in [2.05, 4.69) is 15.6 Å². The van der Waals surface area contributed by atoms with Crippen LogP contribution in [0, 0.1) is 0 Å². The Bertz CT molecular complexity index is 1190. The van der Waals surface area contributed by atoms with Gasteiger partial charge in [-0.05, 0) is 37.0 Å². The molecule has 2 N–H and O–H groups in total. The number of anilines is 1. The molecular formula is C25H24N4O4S. The van der Waals surface area contributed by atoms with E-state index >= 15 is 0 Å². The largest absolute Gasteiger partial charge is 0.445 e. The number of aromatic nitrogens is 1. The molecule has 1 saturated heterocycles. The van der Waals surface area contributed by atoms with Gasteiger partial charge in [-0.3, -0.25) is 14.5 Å². The van der Waals surface area contributed by atoms with E-state index in [1.807, 2.05) is 47.8 Å². The van der Waals surface area contributed by atoms with Crippen molar-refractivity contribution in [2.24, 2.45) is 0 Å². The molecule has 1 aromatic heterocycles. The first-order valence-corrected chi connectivity index (χ1v) is 12.1. The molecule has 2 heterocycles. The van der Waals surface area contributed by atoms with E-state index in [9.17, 15) is 14.4 Å². The summed E-state index contributed by atoms with van der Waals surface area (Å²) in [6, 6.07) is 16.4. The highest BCUT2D eigenvalue weighted by atomic mass is 32.1. The van der Waals surface area contributed by atoms with Crippen molar-refractivity contribution in [3.8, 4) is 11.3 Å². The molecule has 3 aromatic rings. The van der Waals surface area contributed by atoms with Crippen LogP contribution in [0.1, 0.15) is 35.2 Å². The maximum Gasteiger partial charge on any atom is 0.410 e. The van der Waals surface area contributed by atoms with Crippen molar-refractivity contribution >= 4 is 34.4 Å². The van der Waals surface area contributed by atoms with Crippen LogP contribution in [-0.4, -0.2) is 46.4 Å². The van der Waals surface area contributed by atoms with Crippen molar-refractivity contribution in [1.29, 1.82) is 0 Å². The fourth-order valence-electron chi connectivity index (χ4n) is 3.62. The van der Waals surface area contributed by atoms with Crippen molar-refractivity contribution in [2.75, 3.05) is 11.9 Å².